The topological polar surface area (TPSA) is 41.6 Å². The SMILES string of the molecule is CCOC1CC(N2CCCC(NC(C)C)C2=O)C1. The third-order valence-electron chi connectivity index (χ3n) is 3.92. The molecule has 2 fully saturated rings. The van der Waals surface area contributed by atoms with Crippen molar-refractivity contribution in [3.63, 3.8) is 0 Å². The standard InChI is InChI=1S/C14H26N2O2/c1-4-18-12-8-11(9-12)16-7-5-6-13(14(16)17)15-10(2)3/h10-13,15H,4-9H2,1-3H3. The number of amides is 1. The highest BCUT2D eigenvalue weighted by Crippen LogP contribution is 2.30. The Labute approximate surface area is 110 Å². The van der Waals surface area contributed by atoms with Crippen molar-refractivity contribution in [1.29, 1.82) is 0 Å². The van der Waals surface area contributed by atoms with Crippen LogP contribution in [0.15, 0.2) is 0 Å². The average molecular weight is 254 g/mol. The van der Waals surface area contributed by atoms with Crippen LogP contribution in [0.2, 0.25) is 0 Å². The first-order valence-corrected chi connectivity index (χ1v) is 7.30. The number of rotatable bonds is 5. The first kappa shape index (κ1) is 13.8. The van der Waals surface area contributed by atoms with Gasteiger partial charge in [0.1, 0.15) is 0 Å². The van der Waals surface area contributed by atoms with E-state index in [2.05, 4.69) is 24.1 Å². The molecule has 0 aromatic carbocycles. The molecule has 2 aliphatic rings. The van der Waals surface area contributed by atoms with Crippen molar-refractivity contribution in [3.05, 3.63) is 0 Å². The van der Waals surface area contributed by atoms with E-state index < -0.39 is 0 Å². The predicted octanol–water partition coefficient (Wildman–Crippen LogP) is 1.54. The lowest BCUT2D eigenvalue weighted by Crippen LogP contribution is -2.59. The molecule has 2 rings (SSSR count). The number of carbonyl (C=O) groups is 1. The first-order chi connectivity index (χ1) is 8.61. The number of hydrogen-bond acceptors (Lipinski definition) is 3. The molecule has 0 radical (unpaired) electrons. The van der Waals surface area contributed by atoms with E-state index in [0.717, 1.165) is 38.8 Å². The molecule has 1 N–H and O–H groups in total. The summed E-state index contributed by atoms with van der Waals surface area (Å²) >= 11 is 0. The summed E-state index contributed by atoms with van der Waals surface area (Å²) in [6.45, 7) is 7.94. The highest BCUT2D eigenvalue weighted by atomic mass is 16.5. The molecule has 1 aliphatic carbocycles. The Balaban J connectivity index is 1.84. The zero-order valence-electron chi connectivity index (χ0n) is 11.8. The van der Waals surface area contributed by atoms with Crippen LogP contribution in [0, 0.1) is 0 Å². The van der Waals surface area contributed by atoms with E-state index in [1.165, 1.54) is 0 Å². The number of nitrogens with one attached hydrogen (secondary N) is 1. The molecule has 0 bridgehead atoms. The molecule has 0 aromatic heterocycles. The molecular weight excluding hydrogens is 228 g/mol. The molecule has 1 unspecified atom stereocenters. The van der Waals surface area contributed by atoms with Crippen LogP contribution in [0.5, 0.6) is 0 Å². The molecular formula is C14H26N2O2. The van der Waals surface area contributed by atoms with Gasteiger partial charge in [-0.3, -0.25) is 4.79 Å². The van der Waals surface area contributed by atoms with Crippen molar-refractivity contribution in [2.75, 3.05) is 13.2 Å². The smallest absolute Gasteiger partial charge is 0.239 e. The second-order valence-corrected chi connectivity index (χ2v) is 5.75. The number of ether oxygens (including phenoxy) is 1. The highest BCUT2D eigenvalue weighted by molar-refractivity contribution is 5.83. The van der Waals surface area contributed by atoms with Crippen molar-refractivity contribution in [1.82, 2.24) is 10.2 Å². The molecule has 4 heteroatoms. The third-order valence-corrected chi connectivity index (χ3v) is 3.92. The summed E-state index contributed by atoms with van der Waals surface area (Å²) in [7, 11) is 0. The largest absolute Gasteiger partial charge is 0.378 e. The summed E-state index contributed by atoms with van der Waals surface area (Å²) in [5.41, 5.74) is 0. The van der Waals surface area contributed by atoms with Gasteiger partial charge in [-0.25, -0.2) is 0 Å². The van der Waals surface area contributed by atoms with Crippen LogP contribution in [0.1, 0.15) is 46.5 Å². The van der Waals surface area contributed by atoms with Crippen molar-refractivity contribution in [3.8, 4) is 0 Å². The maximum atomic E-state index is 12.4. The van der Waals surface area contributed by atoms with Crippen LogP contribution in [0.4, 0.5) is 0 Å². The van der Waals surface area contributed by atoms with Gasteiger partial charge in [-0.15, -0.1) is 0 Å². The van der Waals surface area contributed by atoms with Gasteiger partial charge < -0.3 is 15.0 Å². The fourth-order valence-electron chi connectivity index (χ4n) is 2.98. The van der Waals surface area contributed by atoms with Crippen LogP contribution in [-0.4, -0.2) is 48.2 Å². The summed E-state index contributed by atoms with van der Waals surface area (Å²) in [5, 5.41) is 3.38. The molecule has 1 amide bonds. The van der Waals surface area contributed by atoms with Crippen LogP contribution < -0.4 is 5.32 Å². The predicted molar refractivity (Wildman–Crippen MR) is 71.4 cm³/mol. The molecule has 1 aliphatic heterocycles. The van der Waals surface area contributed by atoms with Gasteiger partial charge in [-0.2, -0.15) is 0 Å². The number of carbonyl (C=O) groups excluding carboxylic acids is 1. The third kappa shape index (κ3) is 3.04. The number of hydrogen-bond donors (Lipinski definition) is 1. The Morgan fingerprint density at radius 1 is 1.44 bits per heavy atom. The van der Waals surface area contributed by atoms with Crippen LogP contribution >= 0.6 is 0 Å². The zero-order chi connectivity index (χ0) is 13.1. The molecule has 0 spiro atoms. The zero-order valence-corrected chi connectivity index (χ0v) is 11.8. The Morgan fingerprint density at radius 2 is 2.17 bits per heavy atom. The molecule has 0 aromatic rings. The number of likely N-dealkylation sites (tertiary alicyclic amines) is 1. The van der Waals surface area contributed by atoms with Crippen molar-refractivity contribution < 1.29 is 9.53 Å². The molecule has 1 saturated carbocycles. The van der Waals surface area contributed by atoms with E-state index in [1.54, 1.807) is 0 Å². The summed E-state index contributed by atoms with van der Waals surface area (Å²) < 4.78 is 5.57. The van der Waals surface area contributed by atoms with Crippen LogP contribution in [-0.2, 0) is 9.53 Å². The monoisotopic (exact) mass is 254 g/mol. The lowest BCUT2D eigenvalue weighted by atomic mass is 9.86. The van der Waals surface area contributed by atoms with Crippen molar-refractivity contribution in [2.45, 2.75) is 70.7 Å². The van der Waals surface area contributed by atoms with Gasteiger partial charge in [0.15, 0.2) is 0 Å². The van der Waals surface area contributed by atoms with Gasteiger partial charge in [-0.05, 0) is 32.6 Å². The summed E-state index contributed by atoms with van der Waals surface area (Å²) in [5.74, 6) is 0.301. The van der Waals surface area contributed by atoms with E-state index in [0.29, 0.717) is 24.1 Å². The second-order valence-electron chi connectivity index (χ2n) is 5.75. The molecule has 1 atom stereocenters. The lowest BCUT2D eigenvalue weighted by molar-refractivity contribution is -0.145. The fraction of sp³-hybridized carbons (Fsp3) is 0.929. The van der Waals surface area contributed by atoms with Crippen LogP contribution in [0.25, 0.3) is 0 Å². The Kier molecular flexibility index (Phi) is 4.62. The van der Waals surface area contributed by atoms with E-state index in [1.807, 2.05) is 6.92 Å². The van der Waals surface area contributed by atoms with E-state index in [4.69, 9.17) is 4.74 Å². The van der Waals surface area contributed by atoms with Gasteiger partial charge >= 0.3 is 0 Å². The van der Waals surface area contributed by atoms with Crippen molar-refractivity contribution in [2.24, 2.45) is 0 Å². The summed E-state index contributed by atoms with van der Waals surface area (Å²) in [6, 6.07) is 0.826. The fourth-order valence-corrected chi connectivity index (χ4v) is 2.98. The van der Waals surface area contributed by atoms with E-state index in [9.17, 15) is 4.79 Å². The minimum atomic E-state index is 0.0323. The number of piperidine rings is 1. The Bertz CT molecular complexity index is 288. The maximum Gasteiger partial charge on any atom is 0.239 e. The van der Waals surface area contributed by atoms with Gasteiger partial charge in [0, 0.05) is 25.2 Å². The molecule has 104 valence electrons. The van der Waals surface area contributed by atoms with E-state index >= 15 is 0 Å². The van der Waals surface area contributed by atoms with Gasteiger partial charge in [0.2, 0.25) is 5.91 Å². The minimum Gasteiger partial charge on any atom is -0.378 e. The lowest BCUT2D eigenvalue weighted by Gasteiger charge is -2.46. The molecule has 4 nitrogen and oxygen atoms in total. The normalized spacial score (nSPS) is 32.8. The minimum absolute atomic E-state index is 0.0323. The highest BCUT2D eigenvalue weighted by Gasteiger charge is 2.40. The molecule has 1 saturated heterocycles. The van der Waals surface area contributed by atoms with Gasteiger partial charge in [-0.1, -0.05) is 13.8 Å². The second kappa shape index (κ2) is 6.02. The van der Waals surface area contributed by atoms with Crippen LogP contribution in [0.3, 0.4) is 0 Å². The quantitative estimate of drug-likeness (QED) is 0.809. The number of nitrogens with zero attached hydrogens (tertiary/aromatic N) is 1. The average Bonchev–Trinajstić information content (AvgIpc) is 2.26. The van der Waals surface area contributed by atoms with Gasteiger partial charge in [0.05, 0.1) is 12.1 Å². The summed E-state index contributed by atoms with van der Waals surface area (Å²) in [4.78, 5) is 14.5. The summed E-state index contributed by atoms with van der Waals surface area (Å²) in [6.07, 6.45) is 4.52. The maximum absolute atomic E-state index is 12.4. The van der Waals surface area contributed by atoms with Crippen molar-refractivity contribution >= 4 is 5.91 Å². The van der Waals surface area contributed by atoms with E-state index in [-0.39, 0.29) is 6.04 Å². The van der Waals surface area contributed by atoms with Gasteiger partial charge in [0.25, 0.3) is 0 Å². The molecule has 18 heavy (non-hydrogen) atoms. The first-order valence-electron chi connectivity index (χ1n) is 7.30. The Morgan fingerprint density at radius 3 is 2.78 bits per heavy atom. The Hall–Kier alpha value is -0.610. The molecule has 1 heterocycles.